The van der Waals surface area contributed by atoms with E-state index in [1.807, 2.05) is 12.1 Å². The van der Waals surface area contributed by atoms with Crippen LogP contribution in [0.5, 0.6) is 0 Å². The van der Waals surface area contributed by atoms with Crippen LogP contribution in [0.4, 0.5) is 0 Å². The summed E-state index contributed by atoms with van der Waals surface area (Å²) in [7, 11) is 1.69. The number of likely N-dealkylation sites (tertiary alicyclic amines) is 1. The molecule has 0 aliphatic carbocycles. The van der Waals surface area contributed by atoms with Crippen LogP contribution in [0.3, 0.4) is 0 Å². The average molecular weight is 323 g/mol. The zero-order chi connectivity index (χ0) is 16.9. The number of nitrogens with zero attached hydrogens (tertiary/aromatic N) is 1. The van der Waals surface area contributed by atoms with E-state index in [4.69, 9.17) is 5.73 Å². The van der Waals surface area contributed by atoms with Crippen LogP contribution < -0.4 is 11.1 Å². The number of benzene rings is 2. The molecule has 2 atom stereocenters. The van der Waals surface area contributed by atoms with E-state index >= 15 is 0 Å². The molecule has 1 aliphatic rings. The number of amides is 1. The average Bonchev–Trinajstić information content (AvgIpc) is 3.01. The standard InChI is InChI=1S/C20H25N3O/c1-22-20(24)19-12-17(21)13-23(19)14-18(15-8-4-2-5-9-15)16-10-6-3-7-11-16/h2-11,17-19H,12-14,21H2,1H3,(H,22,24)/t17-,19-/m0/s1. The van der Waals surface area contributed by atoms with Gasteiger partial charge in [-0.1, -0.05) is 60.7 Å². The smallest absolute Gasteiger partial charge is 0.237 e. The molecule has 0 saturated carbocycles. The number of nitrogens with one attached hydrogen (secondary N) is 1. The van der Waals surface area contributed by atoms with Crippen molar-refractivity contribution >= 4 is 5.91 Å². The second-order valence-corrected chi connectivity index (χ2v) is 6.45. The molecule has 3 rings (SSSR count). The van der Waals surface area contributed by atoms with Crippen molar-refractivity contribution in [3.8, 4) is 0 Å². The summed E-state index contributed by atoms with van der Waals surface area (Å²) in [6.45, 7) is 1.55. The summed E-state index contributed by atoms with van der Waals surface area (Å²) in [5, 5.41) is 2.77. The van der Waals surface area contributed by atoms with Crippen molar-refractivity contribution in [3.05, 3.63) is 71.8 Å². The molecular weight excluding hydrogens is 298 g/mol. The van der Waals surface area contributed by atoms with Gasteiger partial charge in [-0.05, 0) is 17.5 Å². The number of likely N-dealkylation sites (N-methyl/N-ethyl adjacent to an activating group) is 1. The summed E-state index contributed by atoms with van der Waals surface area (Å²) in [5.74, 6) is 0.285. The van der Waals surface area contributed by atoms with Crippen molar-refractivity contribution in [2.75, 3.05) is 20.1 Å². The van der Waals surface area contributed by atoms with Gasteiger partial charge in [-0.3, -0.25) is 9.69 Å². The maximum absolute atomic E-state index is 12.2. The van der Waals surface area contributed by atoms with E-state index in [1.54, 1.807) is 7.05 Å². The van der Waals surface area contributed by atoms with Gasteiger partial charge in [0.2, 0.25) is 5.91 Å². The molecule has 1 amide bonds. The number of carbonyl (C=O) groups excluding carboxylic acids is 1. The van der Waals surface area contributed by atoms with Crippen molar-refractivity contribution in [1.82, 2.24) is 10.2 Å². The molecule has 0 bridgehead atoms. The lowest BCUT2D eigenvalue weighted by atomic mass is 9.90. The fourth-order valence-electron chi connectivity index (χ4n) is 3.59. The molecule has 1 saturated heterocycles. The second kappa shape index (κ2) is 7.60. The summed E-state index contributed by atoms with van der Waals surface area (Å²) in [6.07, 6.45) is 0.718. The molecule has 2 aromatic carbocycles. The Labute approximate surface area is 143 Å². The van der Waals surface area contributed by atoms with E-state index in [0.717, 1.165) is 19.5 Å². The van der Waals surface area contributed by atoms with Crippen LogP contribution >= 0.6 is 0 Å². The predicted molar refractivity (Wildman–Crippen MR) is 96.7 cm³/mol. The third-order valence-corrected chi connectivity index (χ3v) is 4.81. The summed E-state index contributed by atoms with van der Waals surface area (Å²) in [6, 6.07) is 20.9. The molecule has 126 valence electrons. The van der Waals surface area contributed by atoms with Crippen LogP contribution in [0, 0.1) is 0 Å². The summed E-state index contributed by atoms with van der Waals surface area (Å²) in [5.41, 5.74) is 8.67. The van der Waals surface area contributed by atoms with Crippen molar-refractivity contribution in [2.24, 2.45) is 5.73 Å². The zero-order valence-electron chi connectivity index (χ0n) is 14.1. The highest BCUT2D eigenvalue weighted by Gasteiger charge is 2.36. The van der Waals surface area contributed by atoms with Crippen LogP contribution in [0.2, 0.25) is 0 Å². The largest absolute Gasteiger partial charge is 0.358 e. The Morgan fingerprint density at radius 2 is 1.67 bits per heavy atom. The predicted octanol–water partition coefficient (Wildman–Crippen LogP) is 1.97. The van der Waals surface area contributed by atoms with Crippen LogP contribution in [0.25, 0.3) is 0 Å². The Hall–Kier alpha value is -2.17. The summed E-state index contributed by atoms with van der Waals surface area (Å²) < 4.78 is 0. The van der Waals surface area contributed by atoms with Gasteiger partial charge in [0.1, 0.15) is 0 Å². The van der Waals surface area contributed by atoms with Gasteiger partial charge in [0.25, 0.3) is 0 Å². The maximum Gasteiger partial charge on any atom is 0.237 e. The van der Waals surface area contributed by atoms with Crippen LogP contribution in [0.1, 0.15) is 23.5 Å². The van der Waals surface area contributed by atoms with Gasteiger partial charge < -0.3 is 11.1 Å². The van der Waals surface area contributed by atoms with E-state index in [2.05, 4.69) is 58.7 Å². The van der Waals surface area contributed by atoms with Crippen LogP contribution in [0.15, 0.2) is 60.7 Å². The maximum atomic E-state index is 12.2. The summed E-state index contributed by atoms with van der Waals surface area (Å²) >= 11 is 0. The van der Waals surface area contributed by atoms with Gasteiger partial charge in [-0.25, -0.2) is 0 Å². The van der Waals surface area contributed by atoms with E-state index < -0.39 is 0 Å². The van der Waals surface area contributed by atoms with Gasteiger partial charge in [0.15, 0.2) is 0 Å². The van der Waals surface area contributed by atoms with E-state index in [1.165, 1.54) is 11.1 Å². The molecule has 24 heavy (non-hydrogen) atoms. The minimum Gasteiger partial charge on any atom is -0.358 e. The molecule has 3 N–H and O–H groups in total. The van der Waals surface area contributed by atoms with Crippen LogP contribution in [-0.2, 0) is 4.79 Å². The molecule has 1 aliphatic heterocycles. The SMILES string of the molecule is CNC(=O)[C@@H]1C[C@H](N)CN1CC(c1ccccc1)c1ccccc1. The zero-order valence-corrected chi connectivity index (χ0v) is 14.1. The molecule has 0 unspecified atom stereocenters. The van der Waals surface area contributed by atoms with Gasteiger partial charge in [-0.15, -0.1) is 0 Å². The van der Waals surface area contributed by atoms with Crippen LogP contribution in [-0.4, -0.2) is 43.0 Å². The molecule has 1 heterocycles. The lowest BCUT2D eigenvalue weighted by molar-refractivity contribution is -0.125. The second-order valence-electron chi connectivity index (χ2n) is 6.45. The molecule has 2 aromatic rings. The fourth-order valence-corrected chi connectivity index (χ4v) is 3.59. The van der Waals surface area contributed by atoms with E-state index in [0.29, 0.717) is 0 Å². The van der Waals surface area contributed by atoms with E-state index in [9.17, 15) is 4.79 Å². The molecule has 1 fully saturated rings. The Morgan fingerprint density at radius 1 is 1.12 bits per heavy atom. The molecule has 0 radical (unpaired) electrons. The first-order chi connectivity index (χ1) is 11.7. The lowest BCUT2D eigenvalue weighted by Gasteiger charge is -2.28. The molecular formula is C20H25N3O. The van der Waals surface area contributed by atoms with Crippen molar-refractivity contribution < 1.29 is 4.79 Å². The number of nitrogens with two attached hydrogens (primary N) is 1. The molecule has 4 nitrogen and oxygen atoms in total. The highest BCUT2D eigenvalue weighted by molar-refractivity contribution is 5.81. The Bertz CT molecular complexity index is 620. The highest BCUT2D eigenvalue weighted by atomic mass is 16.2. The number of rotatable bonds is 5. The molecule has 4 heteroatoms. The highest BCUT2D eigenvalue weighted by Crippen LogP contribution is 2.28. The van der Waals surface area contributed by atoms with Gasteiger partial charge in [-0.2, -0.15) is 0 Å². The van der Waals surface area contributed by atoms with E-state index in [-0.39, 0.29) is 23.9 Å². The monoisotopic (exact) mass is 323 g/mol. The quantitative estimate of drug-likeness (QED) is 0.884. The van der Waals surface area contributed by atoms with Crippen molar-refractivity contribution in [1.29, 1.82) is 0 Å². The molecule has 0 aromatic heterocycles. The van der Waals surface area contributed by atoms with Gasteiger partial charge in [0.05, 0.1) is 6.04 Å². The topological polar surface area (TPSA) is 58.4 Å². The first kappa shape index (κ1) is 16.7. The number of carbonyl (C=O) groups is 1. The lowest BCUT2D eigenvalue weighted by Crippen LogP contribution is -2.43. The third kappa shape index (κ3) is 3.66. The third-order valence-electron chi connectivity index (χ3n) is 4.81. The number of hydrogen-bond donors (Lipinski definition) is 2. The first-order valence-electron chi connectivity index (χ1n) is 8.50. The number of hydrogen-bond acceptors (Lipinski definition) is 3. The minimum atomic E-state index is -0.139. The summed E-state index contributed by atoms with van der Waals surface area (Å²) in [4.78, 5) is 14.4. The molecule has 0 spiro atoms. The Balaban J connectivity index is 1.88. The van der Waals surface area contributed by atoms with Gasteiger partial charge >= 0.3 is 0 Å². The minimum absolute atomic E-state index is 0.0551. The first-order valence-corrected chi connectivity index (χ1v) is 8.50. The normalized spacial score (nSPS) is 21.1. The van der Waals surface area contributed by atoms with Crippen molar-refractivity contribution in [3.63, 3.8) is 0 Å². The Kier molecular flexibility index (Phi) is 5.28. The fraction of sp³-hybridized carbons (Fsp3) is 0.350. The Morgan fingerprint density at radius 3 is 2.17 bits per heavy atom. The van der Waals surface area contributed by atoms with Gasteiger partial charge in [0, 0.05) is 32.1 Å². The van der Waals surface area contributed by atoms with Crippen molar-refractivity contribution in [2.45, 2.75) is 24.4 Å².